The summed E-state index contributed by atoms with van der Waals surface area (Å²) in [5.74, 6) is -16.1. The summed E-state index contributed by atoms with van der Waals surface area (Å²) in [6.07, 6.45) is -22.8. The molecular weight excluding hydrogens is 1500 g/mol. The molecule has 5 aromatic carbocycles. The summed E-state index contributed by atoms with van der Waals surface area (Å²) in [5, 5.41) is 131. The van der Waals surface area contributed by atoms with Crippen LogP contribution in [0, 0.1) is 5.92 Å². The first-order valence-electron chi connectivity index (χ1n) is 35.3. The molecule has 0 saturated carbocycles. The molecule has 3 saturated heterocycles. The first-order chi connectivity index (χ1) is 52.3. The van der Waals surface area contributed by atoms with E-state index in [1.54, 1.807) is 0 Å². The second-order valence-corrected chi connectivity index (χ2v) is 30.1. The Bertz CT molecular complexity index is 4420. The van der Waals surface area contributed by atoms with Gasteiger partial charge in [-0.1, -0.05) is 55.2 Å². The average molecular weight is 1590 g/mol. The van der Waals surface area contributed by atoms with Crippen molar-refractivity contribution in [2.24, 2.45) is 23.1 Å². The molecule has 16 unspecified atom stereocenters. The van der Waals surface area contributed by atoms with Crippen LogP contribution in [0.5, 0.6) is 46.0 Å². The van der Waals surface area contributed by atoms with Gasteiger partial charge >= 0.3 is 5.97 Å². The maximum atomic E-state index is 16.4. The Hall–Kier alpha value is -9.32. The van der Waals surface area contributed by atoms with Crippen molar-refractivity contribution in [2.75, 3.05) is 13.7 Å². The molecule has 38 heteroatoms. The number of likely N-dealkylation sites (N-methyl/N-ethyl adjacent to an activating group) is 1. The van der Waals surface area contributed by atoms with Crippen LogP contribution < -0.4 is 68.6 Å². The standard InChI is InChI=1S/C73H88Cl2N10O26/c1-26(2)14-38(79-7)64(96)84-54-56(91)30-9-12-42(36(74)16-30)106-44-18-32-19-45(60(44)111-71-61(58(93)57(92)46(25-86)108-71)110-49-24-73(6,78)63(95)28(4)105-49)107-43-13-10-31(17-37(43)75)59(109-48-23-72(5,77)62(94)27(3)104-48)55-69(101)83-53(70(102)103)35-20-33(87)21-41(89)50(35)34-15-29(8-11-40(34)88)51(66(98)85-55)82-67(99)52(32)81-65(97)39(22-47(76)90)80-68(54)100/h8-13,15-21,26-28,38-39,46,48-49,51-59,61-63,71,79,86-89,91-95H,14,22-25,77-78H2,1-7H3,(H2,76,90)(H,80,100)(H,81,97)(H,82,99)(H,83,101)(H,84,96)(H,85,98)(H,102,103)/t27?,28?,38-,39?,46?,48?,49?,51?,52-,53-,54?,55+,56-,57?,58?,59-,61?,62?,63?,71?,72?,73?/m1/s1. The van der Waals surface area contributed by atoms with Gasteiger partial charge in [-0.2, -0.15) is 0 Å². The largest absolute Gasteiger partial charge is 0.508 e. The quantitative estimate of drug-likeness (QED) is 0.0672. The normalized spacial score (nSPS) is 32.1. The number of rotatable bonds is 15. The number of hydrogen-bond donors (Lipinski definition) is 20. The van der Waals surface area contributed by atoms with Gasteiger partial charge in [-0.05, 0) is 124 Å². The van der Waals surface area contributed by atoms with Gasteiger partial charge in [0.1, 0.15) is 89.5 Å². The highest BCUT2D eigenvalue weighted by Gasteiger charge is 2.52. The second kappa shape index (κ2) is 33.2. The van der Waals surface area contributed by atoms with E-state index in [1.165, 1.54) is 65.1 Å². The summed E-state index contributed by atoms with van der Waals surface area (Å²) in [5.41, 5.74) is 13.3. The average Bonchev–Trinajstić information content (AvgIpc) is 0.763. The molecule has 5 aromatic rings. The van der Waals surface area contributed by atoms with Gasteiger partial charge in [-0.25, -0.2) is 4.79 Å². The van der Waals surface area contributed by atoms with Crippen LogP contribution in [0.3, 0.4) is 0 Å². The highest BCUT2D eigenvalue weighted by Crippen LogP contribution is 2.50. The SMILES string of the molecule is CN[C@H](CC(C)C)C(=O)NC1C(=O)NC(CC(N)=O)C(=O)N[C@H]2C(=O)NC3C(=O)N[C@H](C(=O)N[C@@H](C(=O)O)c4cc(O)cc(O)c4-c4cc3ccc4O)[C@H](OC3CC(C)(N)C(O)C(C)O3)c3ccc(c(Cl)c3)Oc3cc2cc(c3OC2OC(CO)C(O)C(O)C2OC2CC(C)(N)C(O)C(C)O2)Oc2ccc(cc2Cl)[C@H]1O. The molecule has 600 valence electrons. The molecule has 8 aliphatic heterocycles. The lowest BCUT2D eigenvalue weighted by Gasteiger charge is -2.47. The molecule has 111 heavy (non-hydrogen) atoms. The molecule has 8 aliphatic rings. The molecule has 0 radical (unpaired) electrons. The Morgan fingerprint density at radius 1 is 0.658 bits per heavy atom. The van der Waals surface area contributed by atoms with Crippen LogP contribution in [0.2, 0.25) is 10.0 Å². The highest BCUT2D eigenvalue weighted by molar-refractivity contribution is 6.32. The van der Waals surface area contributed by atoms with Crippen LogP contribution in [0.15, 0.2) is 78.9 Å². The lowest BCUT2D eigenvalue weighted by atomic mass is 9.86. The maximum Gasteiger partial charge on any atom is 0.330 e. The number of phenols is 3. The first kappa shape index (κ1) is 82.6. The molecule has 7 amide bonds. The van der Waals surface area contributed by atoms with E-state index >= 15 is 19.2 Å². The van der Waals surface area contributed by atoms with Gasteiger partial charge in [-0.15, -0.1) is 0 Å². The molecular formula is C73H88Cl2N10O26. The van der Waals surface area contributed by atoms with E-state index in [0.717, 1.165) is 48.5 Å². The van der Waals surface area contributed by atoms with Crippen molar-refractivity contribution in [2.45, 2.75) is 201 Å². The summed E-state index contributed by atoms with van der Waals surface area (Å²) < 4.78 is 51.7. The number of nitrogens with one attached hydrogen (secondary N) is 7. The topological polar surface area (TPSA) is 575 Å². The molecule has 3 fully saturated rings. The molecule has 0 spiro atoms. The predicted octanol–water partition coefficient (Wildman–Crippen LogP) is 0.344. The van der Waals surface area contributed by atoms with Gasteiger partial charge in [-0.3, -0.25) is 33.6 Å². The number of halogens is 2. The monoisotopic (exact) mass is 1590 g/mol. The Labute approximate surface area is 643 Å². The third-order valence-electron chi connectivity index (χ3n) is 20.1. The fourth-order valence-electron chi connectivity index (χ4n) is 14.3. The molecule has 0 aromatic heterocycles. The van der Waals surface area contributed by atoms with Gasteiger partial charge in [0.25, 0.3) is 0 Å². The number of fused-ring (bicyclic) bond motifs is 15. The number of carboxylic acid groups (broad SMARTS) is 1. The number of phenolic OH excluding ortho intramolecular Hbond substituents is 3. The number of aliphatic hydroxyl groups excluding tert-OH is 6. The van der Waals surface area contributed by atoms with Crippen molar-refractivity contribution < 1.29 is 127 Å². The molecule has 13 rings (SSSR count). The van der Waals surface area contributed by atoms with Crippen LogP contribution in [-0.4, -0.2) is 215 Å². The number of hydrogen-bond acceptors (Lipinski definition) is 28. The van der Waals surface area contributed by atoms with Crippen molar-refractivity contribution in [3.05, 3.63) is 117 Å². The van der Waals surface area contributed by atoms with E-state index in [1.807, 2.05) is 13.8 Å². The van der Waals surface area contributed by atoms with Crippen molar-refractivity contribution in [1.82, 2.24) is 37.2 Å². The number of carboxylic acids is 1. The lowest BCUT2D eigenvalue weighted by Crippen LogP contribution is -2.64. The highest BCUT2D eigenvalue weighted by atomic mass is 35.5. The summed E-state index contributed by atoms with van der Waals surface area (Å²) in [6, 6.07) is -0.452. The van der Waals surface area contributed by atoms with Crippen LogP contribution in [0.25, 0.3) is 11.1 Å². The van der Waals surface area contributed by atoms with Gasteiger partial charge in [0.2, 0.25) is 53.4 Å². The van der Waals surface area contributed by atoms with Crippen LogP contribution in [0.4, 0.5) is 0 Å². The minimum atomic E-state index is -2.38. The summed E-state index contributed by atoms with van der Waals surface area (Å²) in [7, 11) is 1.47. The van der Waals surface area contributed by atoms with Crippen LogP contribution in [0.1, 0.15) is 125 Å². The third-order valence-corrected chi connectivity index (χ3v) is 20.7. The number of aliphatic carboxylic acids is 1. The number of primary amides is 1. The molecule has 36 nitrogen and oxygen atoms in total. The summed E-state index contributed by atoms with van der Waals surface area (Å²) >= 11 is 14.5. The predicted molar refractivity (Wildman–Crippen MR) is 386 cm³/mol. The zero-order valence-electron chi connectivity index (χ0n) is 60.7. The number of ether oxygens (including phenoxy) is 8. The van der Waals surface area contributed by atoms with Crippen molar-refractivity contribution >= 4 is 70.5 Å². The zero-order chi connectivity index (χ0) is 80.9. The molecule has 11 bridgehead atoms. The van der Waals surface area contributed by atoms with Gasteiger partial charge in [0.05, 0.1) is 53.5 Å². The minimum Gasteiger partial charge on any atom is -0.508 e. The Morgan fingerprint density at radius 2 is 1.23 bits per heavy atom. The first-order valence-corrected chi connectivity index (χ1v) is 36.1. The number of nitrogens with two attached hydrogens (primary N) is 3. The Balaban J connectivity index is 1.19. The molecule has 8 heterocycles. The number of benzene rings is 5. The van der Waals surface area contributed by atoms with E-state index < -0.39 is 261 Å². The van der Waals surface area contributed by atoms with Crippen molar-refractivity contribution in [3.8, 4) is 57.1 Å². The maximum absolute atomic E-state index is 16.4. The third kappa shape index (κ3) is 17.7. The Morgan fingerprint density at radius 3 is 1.79 bits per heavy atom. The number of carbonyl (C=O) groups excluding carboxylic acids is 7. The van der Waals surface area contributed by atoms with Crippen molar-refractivity contribution in [1.29, 1.82) is 0 Å². The van der Waals surface area contributed by atoms with Crippen LogP contribution >= 0.6 is 23.2 Å². The number of aliphatic hydroxyl groups is 6. The molecule has 22 atom stereocenters. The second-order valence-electron chi connectivity index (χ2n) is 29.3. The lowest BCUT2D eigenvalue weighted by molar-refractivity contribution is -0.333. The minimum absolute atomic E-state index is 0.110. The van der Waals surface area contributed by atoms with Crippen molar-refractivity contribution in [3.63, 3.8) is 0 Å². The summed E-state index contributed by atoms with van der Waals surface area (Å²) in [6.45, 7) is 8.58. The number of aromatic hydroxyl groups is 3. The van der Waals surface area contributed by atoms with E-state index in [9.17, 15) is 70.2 Å². The number of amides is 7. The van der Waals surface area contributed by atoms with E-state index in [4.69, 9.17) is 78.3 Å². The van der Waals surface area contributed by atoms with Gasteiger partial charge in [0, 0.05) is 46.7 Å². The summed E-state index contributed by atoms with van der Waals surface area (Å²) in [4.78, 5) is 120. The smallest absolute Gasteiger partial charge is 0.330 e. The zero-order valence-corrected chi connectivity index (χ0v) is 62.2. The van der Waals surface area contributed by atoms with Gasteiger partial charge in [0.15, 0.2) is 36.2 Å². The fourth-order valence-corrected chi connectivity index (χ4v) is 14.7. The number of carbonyl (C=O) groups is 8. The molecule has 23 N–H and O–H groups in total. The van der Waals surface area contributed by atoms with E-state index in [0.29, 0.717) is 0 Å². The molecule has 0 aliphatic carbocycles. The van der Waals surface area contributed by atoms with E-state index in [2.05, 4.69) is 37.2 Å². The van der Waals surface area contributed by atoms with Gasteiger partial charge < -0.3 is 143 Å². The Kier molecular flexibility index (Phi) is 24.7. The fraction of sp³-hybridized carbons (Fsp3) is 0.479. The van der Waals surface area contributed by atoms with Crippen LogP contribution in [-0.2, 0) is 62.0 Å². The van der Waals surface area contributed by atoms with E-state index in [-0.39, 0.29) is 52.6 Å².